The fraction of sp³-hybridized carbons (Fsp3) is 0.200. The molecule has 0 bridgehead atoms. The molecular formula is C15H16INO2S. The van der Waals surface area contributed by atoms with Gasteiger partial charge in [0.2, 0.25) is 10.0 Å². The molecule has 106 valence electrons. The smallest absolute Gasteiger partial charge is 0.233 e. The van der Waals surface area contributed by atoms with E-state index < -0.39 is 10.0 Å². The molecule has 2 rings (SSSR count). The first-order valence-corrected chi connectivity index (χ1v) is 9.00. The summed E-state index contributed by atoms with van der Waals surface area (Å²) in [5.41, 5.74) is 1.63. The highest BCUT2D eigenvalue weighted by molar-refractivity contribution is 14.1. The van der Waals surface area contributed by atoms with E-state index in [1.165, 1.54) is 0 Å². The highest BCUT2D eigenvalue weighted by Gasteiger charge is 2.17. The summed E-state index contributed by atoms with van der Waals surface area (Å²) < 4.78 is 28.0. The van der Waals surface area contributed by atoms with E-state index in [9.17, 15) is 8.42 Å². The summed E-state index contributed by atoms with van der Waals surface area (Å²) >= 11 is 2.18. The maximum Gasteiger partial charge on any atom is 0.233 e. The van der Waals surface area contributed by atoms with Gasteiger partial charge in [-0.05, 0) is 58.3 Å². The van der Waals surface area contributed by atoms with Gasteiger partial charge in [0, 0.05) is 9.26 Å². The van der Waals surface area contributed by atoms with Gasteiger partial charge in [-0.15, -0.1) is 0 Å². The minimum absolute atomic E-state index is 0.0439. The van der Waals surface area contributed by atoms with Crippen LogP contribution in [0.2, 0.25) is 0 Å². The van der Waals surface area contributed by atoms with E-state index >= 15 is 0 Å². The number of sulfonamides is 1. The minimum Gasteiger partial charge on any atom is -0.284 e. The van der Waals surface area contributed by atoms with Crippen molar-refractivity contribution < 1.29 is 8.42 Å². The molecule has 20 heavy (non-hydrogen) atoms. The lowest BCUT2D eigenvalue weighted by molar-refractivity contribution is 0.595. The van der Waals surface area contributed by atoms with Gasteiger partial charge in [0.05, 0.1) is 5.75 Å². The molecule has 0 radical (unpaired) electrons. The zero-order valence-corrected chi connectivity index (χ0v) is 14.1. The number of anilines is 1. The molecular weight excluding hydrogens is 385 g/mol. The van der Waals surface area contributed by atoms with E-state index in [0.717, 1.165) is 9.13 Å². The Morgan fingerprint density at radius 3 is 2.25 bits per heavy atom. The van der Waals surface area contributed by atoms with Gasteiger partial charge < -0.3 is 0 Å². The Morgan fingerprint density at radius 2 is 1.65 bits per heavy atom. The van der Waals surface area contributed by atoms with E-state index in [0.29, 0.717) is 5.69 Å². The SMILES string of the molecule is CC(CS(=O)(=O)Nc1ccc(I)cc1)c1ccccc1. The van der Waals surface area contributed by atoms with Crippen LogP contribution in [-0.2, 0) is 10.0 Å². The van der Waals surface area contributed by atoms with Gasteiger partial charge in [0.15, 0.2) is 0 Å². The van der Waals surface area contributed by atoms with Crippen LogP contribution in [0.4, 0.5) is 5.69 Å². The van der Waals surface area contributed by atoms with Crippen LogP contribution in [0.1, 0.15) is 18.4 Å². The van der Waals surface area contributed by atoms with E-state index in [1.807, 2.05) is 49.4 Å². The van der Waals surface area contributed by atoms with E-state index in [4.69, 9.17) is 0 Å². The molecule has 0 aliphatic heterocycles. The second-order valence-corrected chi connectivity index (χ2v) is 7.71. The zero-order valence-electron chi connectivity index (χ0n) is 11.1. The first kappa shape index (κ1) is 15.3. The second kappa shape index (κ2) is 6.58. The van der Waals surface area contributed by atoms with Crippen LogP contribution in [0.3, 0.4) is 0 Å². The Balaban J connectivity index is 2.06. The van der Waals surface area contributed by atoms with Crippen molar-refractivity contribution >= 4 is 38.3 Å². The van der Waals surface area contributed by atoms with E-state index in [-0.39, 0.29) is 11.7 Å². The fourth-order valence-electron chi connectivity index (χ4n) is 1.95. The summed E-state index contributed by atoms with van der Waals surface area (Å²) in [6.45, 7) is 1.92. The molecule has 3 nitrogen and oxygen atoms in total. The predicted molar refractivity (Wildman–Crippen MR) is 91.4 cm³/mol. The second-order valence-electron chi connectivity index (χ2n) is 4.70. The maximum atomic E-state index is 12.2. The molecule has 0 aliphatic rings. The average molecular weight is 401 g/mol. The van der Waals surface area contributed by atoms with Crippen LogP contribution < -0.4 is 4.72 Å². The molecule has 0 fully saturated rings. The first-order valence-electron chi connectivity index (χ1n) is 6.27. The molecule has 0 amide bonds. The number of rotatable bonds is 5. The Morgan fingerprint density at radius 1 is 1.05 bits per heavy atom. The summed E-state index contributed by atoms with van der Waals surface area (Å²) in [7, 11) is -3.35. The van der Waals surface area contributed by atoms with E-state index in [1.54, 1.807) is 12.1 Å². The van der Waals surface area contributed by atoms with Crippen molar-refractivity contribution in [2.75, 3.05) is 10.5 Å². The molecule has 2 aromatic carbocycles. The third kappa shape index (κ3) is 4.49. The summed E-state index contributed by atoms with van der Waals surface area (Å²) in [4.78, 5) is 0. The average Bonchev–Trinajstić information content (AvgIpc) is 2.41. The van der Waals surface area contributed by atoms with Crippen LogP contribution in [-0.4, -0.2) is 14.2 Å². The lowest BCUT2D eigenvalue weighted by Gasteiger charge is -2.14. The van der Waals surface area contributed by atoms with Crippen molar-refractivity contribution in [2.24, 2.45) is 0 Å². The van der Waals surface area contributed by atoms with Gasteiger partial charge >= 0.3 is 0 Å². The standard InChI is InChI=1S/C15H16INO2S/c1-12(13-5-3-2-4-6-13)11-20(18,19)17-15-9-7-14(16)8-10-15/h2-10,12,17H,11H2,1H3. The monoisotopic (exact) mass is 401 g/mol. The van der Waals surface area contributed by atoms with Crippen LogP contribution in [0.25, 0.3) is 0 Å². The molecule has 1 N–H and O–H groups in total. The molecule has 0 heterocycles. The van der Waals surface area contributed by atoms with Gasteiger partial charge in [0.25, 0.3) is 0 Å². The third-order valence-corrected chi connectivity index (χ3v) is 5.16. The van der Waals surface area contributed by atoms with E-state index in [2.05, 4.69) is 27.3 Å². The highest BCUT2D eigenvalue weighted by Crippen LogP contribution is 2.19. The van der Waals surface area contributed by atoms with Crippen LogP contribution in [0.15, 0.2) is 54.6 Å². The molecule has 0 saturated carbocycles. The summed E-state index contributed by atoms with van der Waals surface area (Å²) in [5.74, 6) is 0.0285. The molecule has 0 aromatic heterocycles. The Bertz CT molecular complexity index is 654. The Kier molecular flexibility index (Phi) is 5.04. The fourth-order valence-corrected chi connectivity index (χ4v) is 3.73. The van der Waals surface area contributed by atoms with Crippen LogP contribution in [0, 0.1) is 3.57 Å². The Labute approximate surface area is 133 Å². The van der Waals surface area contributed by atoms with Gasteiger partial charge in [-0.25, -0.2) is 8.42 Å². The Hall–Kier alpha value is -1.08. The summed E-state index contributed by atoms with van der Waals surface area (Å²) in [5, 5.41) is 0. The van der Waals surface area contributed by atoms with Crippen molar-refractivity contribution in [1.82, 2.24) is 0 Å². The van der Waals surface area contributed by atoms with Crippen LogP contribution >= 0.6 is 22.6 Å². The number of benzene rings is 2. The quantitative estimate of drug-likeness (QED) is 0.774. The summed E-state index contributed by atoms with van der Waals surface area (Å²) in [6.07, 6.45) is 0. The number of hydrogen-bond donors (Lipinski definition) is 1. The largest absolute Gasteiger partial charge is 0.284 e. The lowest BCUT2D eigenvalue weighted by atomic mass is 10.0. The van der Waals surface area contributed by atoms with Crippen molar-refractivity contribution in [2.45, 2.75) is 12.8 Å². The number of nitrogens with one attached hydrogen (secondary N) is 1. The molecule has 1 unspecified atom stereocenters. The molecule has 0 saturated heterocycles. The molecule has 0 spiro atoms. The van der Waals surface area contributed by atoms with Gasteiger partial charge in [-0.1, -0.05) is 37.3 Å². The number of halogens is 1. The molecule has 0 aliphatic carbocycles. The maximum absolute atomic E-state index is 12.2. The summed E-state index contributed by atoms with van der Waals surface area (Å²) in [6, 6.07) is 17.0. The molecule has 1 atom stereocenters. The van der Waals surface area contributed by atoms with Crippen molar-refractivity contribution in [1.29, 1.82) is 0 Å². The van der Waals surface area contributed by atoms with Crippen molar-refractivity contribution in [3.05, 3.63) is 63.7 Å². The predicted octanol–water partition coefficient (Wildman–Crippen LogP) is 3.84. The molecule has 2 aromatic rings. The zero-order chi connectivity index (χ0) is 14.6. The third-order valence-electron chi connectivity index (χ3n) is 2.96. The first-order chi connectivity index (χ1) is 9.46. The van der Waals surface area contributed by atoms with Crippen molar-refractivity contribution in [3.8, 4) is 0 Å². The number of hydrogen-bond acceptors (Lipinski definition) is 2. The topological polar surface area (TPSA) is 46.2 Å². The lowest BCUT2D eigenvalue weighted by Crippen LogP contribution is -2.20. The minimum atomic E-state index is -3.35. The molecule has 5 heteroatoms. The van der Waals surface area contributed by atoms with Gasteiger partial charge in [-0.2, -0.15) is 0 Å². The van der Waals surface area contributed by atoms with Gasteiger partial charge in [0.1, 0.15) is 0 Å². The van der Waals surface area contributed by atoms with Crippen LogP contribution in [0.5, 0.6) is 0 Å². The highest BCUT2D eigenvalue weighted by atomic mass is 127. The van der Waals surface area contributed by atoms with Gasteiger partial charge in [-0.3, -0.25) is 4.72 Å². The van der Waals surface area contributed by atoms with Crippen molar-refractivity contribution in [3.63, 3.8) is 0 Å². The normalized spacial score (nSPS) is 12.9.